The number of nitrogens with zero attached hydrogens (tertiary/aromatic N) is 3. The summed E-state index contributed by atoms with van der Waals surface area (Å²) in [6.07, 6.45) is 3.37. The number of rotatable bonds is 3. The van der Waals surface area contributed by atoms with Crippen LogP contribution >= 0.6 is 0 Å². The number of hydrogen-bond donors (Lipinski definition) is 2. The summed E-state index contributed by atoms with van der Waals surface area (Å²) in [5.41, 5.74) is 1.56. The van der Waals surface area contributed by atoms with Gasteiger partial charge in [-0.15, -0.1) is 0 Å². The van der Waals surface area contributed by atoms with Crippen molar-refractivity contribution in [1.82, 2.24) is 14.8 Å². The van der Waals surface area contributed by atoms with E-state index in [-0.39, 0.29) is 5.56 Å². The predicted octanol–water partition coefficient (Wildman–Crippen LogP) is 2.41. The van der Waals surface area contributed by atoms with Crippen LogP contribution in [0.15, 0.2) is 42.7 Å². The minimum atomic E-state index is -1.02. The van der Waals surface area contributed by atoms with Gasteiger partial charge < -0.3 is 10.4 Å². The van der Waals surface area contributed by atoms with E-state index in [1.165, 1.54) is 0 Å². The van der Waals surface area contributed by atoms with E-state index in [1.54, 1.807) is 30.2 Å². The SMILES string of the molecule is Cn1cc(Nc2nc3ccccc3cc2C(=O)O)cn1. The molecule has 0 spiro atoms. The van der Waals surface area contributed by atoms with Crippen molar-refractivity contribution in [3.8, 4) is 0 Å². The standard InChI is InChI=1S/C14H12N4O2/c1-18-8-10(7-15-18)16-13-11(14(19)20)6-9-4-2-3-5-12(9)17-13/h2-8H,1H3,(H,16,17)(H,19,20). The first kappa shape index (κ1) is 12.2. The van der Waals surface area contributed by atoms with Gasteiger partial charge in [-0.25, -0.2) is 9.78 Å². The van der Waals surface area contributed by atoms with Gasteiger partial charge in [-0.05, 0) is 12.1 Å². The lowest BCUT2D eigenvalue weighted by atomic mass is 10.1. The third kappa shape index (κ3) is 2.18. The number of anilines is 2. The highest BCUT2D eigenvalue weighted by molar-refractivity contribution is 5.98. The first-order valence-corrected chi connectivity index (χ1v) is 6.02. The van der Waals surface area contributed by atoms with Crippen molar-refractivity contribution in [1.29, 1.82) is 0 Å². The van der Waals surface area contributed by atoms with Gasteiger partial charge in [0.1, 0.15) is 11.4 Å². The third-order valence-electron chi connectivity index (χ3n) is 2.92. The van der Waals surface area contributed by atoms with Crippen LogP contribution in [0.3, 0.4) is 0 Å². The molecule has 0 radical (unpaired) electrons. The largest absolute Gasteiger partial charge is 0.478 e. The zero-order valence-electron chi connectivity index (χ0n) is 10.7. The van der Waals surface area contributed by atoms with Crippen molar-refractivity contribution in [3.63, 3.8) is 0 Å². The number of aromatic nitrogens is 3. The summed E-state index contributed by atoms with van der Waals surface area (Å²) in [6, 6.07) is 9.01. The predicted molar refractivity (Wildman–Crippen MR) is 75.2 cm³/mol. The van der Waals surface area contributed by atoms with E-state index in [0.29, 0.717) is 11.5 Å². The Balaban J connectivity index is 2.11. The maximum atomic E-state index is 11.4. The van der Waals surface area contributed by atoms with Crippen LogP contribution in [0.1, 0.15) is 10.4 Å². The Kier molecular flexibility index (Phi) is 2.83. The molecule has 3 aromatic rings. The number of carboxylic acids is 1. The van der Waals surface area contributed by atoms with Crippen LogP contribution in [0.5, 0.6) is 0 Å². The van der Waals surface area contributed by atoms with Gasteiger partial charge in [0.25, 0.3) is 0 Å². The van der Waals surface area contributed by atoms with Crippen molar-refractivity contribution >= 4 is 28.4 Å². The molecule has 0 aliphatic rings. The normalized spacial score (nSPS) is 10.7. The van der Waals surface area contributed by atoms with Gasteiger partial charge >= 0.3 is 5.97 Å². The molecular formula is C14H12N4O2. The van der Waals surface area contributed by atoms with Crippen molar-refractivity contribution in [2.75, 3.05) is 5.32 Å². The fourth-order valence-electron chi connectivity index (χ4n) is 2.00. The number of benzene rings is 1. The zero-order chi connectivity index (χ0) is 14.1. The van der Waals surface area contributed by atoms with Gasteiger partial charge in [0.15, 0.2) is 0 Å². The molecule has 0 unspecified atom stereocenters. The fourth-order valence-corrected chi connectivity index (χ4v) is 2.00. The third-order valence-corrected chi connectivity index (χ3v) is 2.92. The van der Waals surface area contributed by atoms with Crippen LogP contribution in [0.4, 0.5) is 11.5 Å². The summed E-state index contributed by atoms with van der Waals surface area (Å²) in [5, 5.41) is 17.1. The maximum absolute atomic E-state index is 11.4. The molecule has 20 heavy (non-hydrogen) atoms. The number of aryl methyl sites for hydroxylation is 1. The van der Waals surface area contributed by atoms with Crippen LogP contribution in [0, 0.1) is 0 Å². The molecule has 1 aromatic carbocycles. The minimum absolute atomic E-state index is 0.132. The van der Waals surface area contributed by atoms with E-state index in [2.05, 4.69) is 15.4 Å². The van der Waals surface area contributed by atoms with Gasteiger partial charge in [0.05, 0.1) is 17.4 Å². The summed E-state index contributed by atoms with van der Waals surface area (Å²) in [5.74, 6) is -0.709. The molecule has 0 atom stereocenters. The summed E-state index contributed by atoms with van der Waals surface area (Å²) >= 11 is 0. The molecular weight excluding hydrogens is 256 g/mol. The molecule has 2 heterocycles. The van der Waals surface area contributed by atoms with Crippen molar-refractivity contribution < 1.29 is 9.90 Å². The minimum Gasteiger partial charge on any atom is -0.478 e. The molecule has 100 valence electrons. The van der Waals surface area contributed by atoms with Crippen molar-refractivity contribution in [2.45, 2.75) is 0 Å². The van der Waals surface area contributed by atoms with E-state index >= 15 is 0 Å². The quantitative estimate of drug-likeness (QED) is 0.762. The lowest BCUT2D eigenvalue weighted by Gasteiger charge is -2.08. The second-order valence-corrected chi connectivity index (χ2v) is 4.41. The van der Waals surface area contributed by atoms with E-state index in [4.69, 9.17) is 0 Å². The van der Waals surface area contributed by atoms with E-state index in [9.17, 15) is 9.90 Å². The molecule has 6 nitrogen and oxygen atoms in total. The molecule has 0 bridgehead atoms. The Labute approximate surface area is 114 Å². The Bertz CT molecular complexity index is 795. The number of pyridine rings is 1. The summed E-state index contributed by atoms with van der Waals surface area (Å²) < 4.78 is 1.63. The Morgan fingerprint density at radius 2 is 2.15 bits per heavy atom. The molecule has 0 aliphatic heterocycles. The monoisotopic (exact) mass is 268 g/mol. The molecule has 0 aliphatic carbocycles. The highest BCUT2D eigenvalue weighted by atomic mass is 16.4. The summed E-state index contributed by atoms with van der Waals surface area (Å²) in [4.78, 5) is 15.7. The lowest BCUT2D eigenvalue weighted by Crippen LogP contribution is -2.05. The molecule has 0 fully saturated rings. The summed E-state index contributed by atoms with van der Waals surface area (Å²) in [6.45, 7) is 0. The molecule has 6 heteroatoms. The number of para-hydroxylation sites is 1. The average molecular weight is 268 g/mol. The van der Waals surface area contributed by atoms with Crippen LogP contribution in [0.25, 0.3) is 10.9 Å². The Hall–Kier alpha value is -2.89. The van der Waals surface area contributed by atoms with Crippen LogP contribution in [0.2, 0.25) is 0 Å². The van der Waals surface area contributed by atoms with Gasteiger partial charge in [-0.1, -0.05) is 18.2 Å². The van der Waals surface area contributed by atoms with E-state index in [1.807, 2.05) is 24.3 Å². The van der Waals surface area contributed by atoms with Crippen molar-refractivity contribution in [2.24, 2.45) is 7.05 Å². The maximum Gasteiger partial charge on any atom is 0.339 e. The van der Waals surface area contributed by atoms with E-state index < -0.39 is 5.97 Å². The average Bonchev–Trinajstić information content (AvgIpc) is 2.83. The molecule has 0 amide bonds. The number of fused-ring (bicyclic) bond motifs is 1. The first-order chi connectivity index (χ1) is 9.63. The van der Waals surface area contributed by atoms with Crippen molar-refractivity contribution in [3.05, 3.63) is 48.3 Å². The number of nitrogens with one attached hydrogen (secondary N) is 1. The first-order valence-electron chi connectivity index (χ1n) is 6.02. The zero-order valence-corrected chi connectivity index (χ0v) is 10.7. The van der Waals surface area contributed by atoms with Gasteiger partial charge in [0.2, 0.25) is 0 Å². The molecule has 2 N–H and O–H groups in total. The molecule has 0 saturated heterocycles. The van der Waals surface area contributed by atoms with Crippen LogP contribution in [-0.2, 0) is 7.05 Å². The van der Waals surface area contributed by atoms with Crippen LogP contribution in [-0.4, -0.2) is 25.8 Å². The Morgan fingerprint density at radius 3 is 2.85 bits per heavy atom. The number of carboxylic acid groups (broad SMARTS) is 1. The van der Waals surface area contributed by atoms with Gasteiger partial charge in [-0.2, -0.15) is 5.10 Å². The number of carbonyl (C=O) groups is 1. The van der Waals surface area contributed by atoms with Crippen LogP contribution < -0.4 is 5.32 Å². The van der Waals surface area contributed by atoms with Gasteiger partial charge in [0, 0.05) is 18.6 Å². The fraction of sp³-hybridized carbons (Fsp3) is 0.0714. The smallest absolute Gasteiger partial charge is 0.339 e. The second-order valence-electron chi connectivity index (χ2n) is 4.41. The molecule has 3 rings (SSSR count). The van der Waals surface area contributed by atoms with E-state index in [0.717, 1.165) is 10.9 Å². The van der Waals surface area contributed by atoms with Gasteiger partial charge in [-0.3, -0.25) is 4.68 Å². The molecule has 2 aromatic heterocycles. The lowest BCUT2D eigenvalue weighted by molar-refractivity contribution is 0.0698. The summed E-state index contributed by atoms with van der Waals surface area (Å²) in [7, 11) is 1.79. The second kappa shape index (κ2) is 4.65. The number of aromatic carboxylic acids is 1. The Morgan fingerprint density at radius 1 is 1.35 bits per heavy atom. The highest BCUT2D eigenvalue weighted by Gasteiger charge is 2.14. The molecule has 0 saturated carbocycles. The topological polar surface area (TPSA) is 80.0 Å². The number of hydrogen-bond acceptors (Lipinski definition) is 4. The highest BCUT2D eigenvalue weighted by Crippen LogP contribution is 2.23.